The first-order valence-corrected chi connectivity index (χ1v) is 11.0. The van der Waals surface area contributed by atoms with Crippen molar-refractivity contribution < 1.29 is 14.4 Å². The molecule has 0 radical (unpaired) electrons. The SMILES string of the molecule is CC(CCNC(=O)CN1CCCC1=O)C(=O)n1cnc2c(=O)n(Cc3ccccc3)cnc21. The lowest BCUT2D eigenvalue weighted by molar-refractivity contribution is -0.133. The molecule has 1 fully saturated rings. The largest absolute Gasteiger partial charge is 0.355 e. The van der Waals surface area contributed by atoms with Crippen molar-refractivity contribution in [3.63, 3.8) is 0 Å². The Hall–Kier alpha value is -3.82. The van der Waals surface area contributed by atoms with E-state index in [1.165, 1.54) is 26.7 Å². The third-order valence-electron chi connectivity index (χ3n) is 5.79. The van der Waals surface area contributed by atoms with Crippen LogP contribution in [-0.4, -0.2) is 61.4 Å². The highest BCUT2D eigenvalue weighted by molar-refractivity contribution is 5.89. The molecule has 10 nitrogen and oxygen atoms in total. The van der Waals surface area contributed by atoms with Crippen LogP contribution in [0.1, 0.15) is 36.5 Å². The monoisotopic (exact) mass is 450 g/mol. The number of carbonyl (C=O) groups is 3. The molecule has 1 saturated heterocycles. The fourth-order valence-electron chi connectivity index (χ4n) is 3.87. The lowest BCUT2D eigenvalue weighted by Crippen LogP contribution is -2.38. The number of amides is 2. The van der Waals surface area contributed by atoms with E-state index in [9.17, 15) is 19.2 Å². The van der Waals surface area contributed by atoms with Gasteiger partial charge in [-0.1, -0.05) is 37.3 Å². The minimum absolute atomic E-state index is 0.00369. The fraction of sp³-hybridized carbons (Fsp3) is 0.391. The molecule has 172 valence electrons. The number of hydrogen-bond donors (Lipinski definition) is 1. The van der Waals surface area contributed by atoms with Gasteiger partial charge in [-0.25, -0.2) is 9.97 Å². The van der Waals surface area contributed by atoms with Crippen molar-refractivity contribution in [2.24, 2.45) is 5.92 Å². The second-order valence-electron chi connectivity index (χ2n) is 8.25. The second-order valence-corrected chi connectivity index (χ2v) is 8.25. The van der Waals surface area contributed by atoms with Gasteiger partial charge in [-0.2, -0.15) is 0 Å². The maximum absolute atomic E-state index is 12.9. The Morgan fingerprint density at radius 1 is 1.12 bits per heavy atom. The van der Waals surface area contributed by atoms with E-state index in [0.717, 1.165) is 12.0 Å². The summed E-state index contributed by atoms with van der Waals surface area (Å²) >= 11 is 0. The Morgan fingerprint density at radius 3 is 2.64 bits per heavy atom. The summed E-state index contributed by atoms with van der Waals surface area (Å²) in [4.78, 5) is 59.4. The number of nitrogens with zero attached hydrogens (tertiary/aromatic N) is 5. The molecule has 33 heavy (non-hydrogen) atoms. The van der Waals surface area contributed by atoms with Crippen molar-refractivity contribution in [2.45, 2.75) is 32.7 Å². The first-order chi connectivity index (χ1) is 15.9. The van der Waals surface area contributed by atoms with E-state index in [1.807, 2.05) is 30.3 Å². The molecular formula is C23H26N6O4. The van der Waals surface area contributed by atoms with Gasteiger partial charge in [0.05, 0.1) is 13.1 Å². The van der Waals surface area contributed by atoms with E-state index in [-0.39, 0.29) is 41.0 Å². The predicted molar refractivity (Wildman–Crippen MR) is 121 cm³/mol. The lowest BCUT2D eigenvalue weighted by Gasteiger charge is -2.16. The second kappa shape index (κ2) is 9.76. The number of nitrogens with one attached hydrogen (secondary N) is 1. The van der Waals surface area contributed by atoms with E-state index in [4.69, 9.17) is 0 Å². The third-order valence-corrected chi connectivity index (χ3v) is 5.79. The number of rotatable bonds is 8. The van der Waals surface area contributed by atoms with Gasteiger partial charge in [-0.15, -0.1) is 0 Å². The van der Waals surface area contributed by atoms with Crippen LogP contribution in [0.2, 0.25) is 0 Å². The van der Waals surface area contributed by atoms with Crippen molar-refractivity contribution in [3.05, 3.63) is 58.9 Å². The topological polar surface area (TPSA) is 119 Å². The Morgan fingerprint density at radius 2 is 1.91 bits per heavy atom. The van der Waals surface area contributed by atoms with Crippen LogP contribution < -0.4 is 10.9 Å². The summed E-state index contributed by atoms with van der Waals surface area (Å²) in [6.45, 7) is 3.07. The Labute approximate surface area is 190 Å². The number of carbonyl (C=O) groups excluding carboxylic acids is 3. The van der Waals surface area contributed by atoms with Gasteiger partial charge in [0.2, 0.25) is 17.7 Å². The minimum Gasteiger partial charge on any atom is -0.355 e. The average molecular weight is 450 g/mol. The summed E-state index contributed by atoms with van der Waals surface area (Å²) in [5, 5.41) is 2.76. The van der Waals surface area contributed by atoms with Crippen molar-refractivity contribution >= 4 is 28.9 Å². The molecule has 1 atom stereocenters. The van der Waals surface area contributed by atoms with Gasteiger partial charge in [-0.3, -0.25) is 28.3 Å². The summed E-state index contributed by atoms with van der Waals surface area (Å²) in [5.41, 5.74) is 1.00. The molecule has 1 aromatic carbocycles. The van der Waals surface area contributed by atoms with Gasteiger partial charge in [-0.05, 0) is 18.4 Å². The molecule has 0 saturated carbocycles. The normalized spacial score (nSPS) is 14.6. The third kappa shape index (κ3) is 5.00. The Bertz CT molecular complexity index is 1230. The van der Waals surface area contributed by atoms with Gasteiger partial charge < -0.3 is 10.2 Å². The highest BCUT2D eigenvalue weighted by Gasteiger charge is 2.23. The Balaban J connectivity index is 1.37. The number of likely N-dealkylation sites (tertiary alicyclic amines) is 1. The maximum atomic E-state index is 12.9. The van der Waals surface area contributed by atoms with Crippen LogP contribution in [0, 0.1) is 5.92 Å². The van der Waals surface area contributed by atoms with Gasteiger partial charge in [0, 0.05) is 25.4 Å². The molecule has 4 rings (SSSR count). The van der Waals surface area contributed by atoms with E-state index in [1.54, 1.807) is 6.92 Å². The molecule has 0 bridgehead atoms. The zero-order chi connectivity index (χ0) is 23.4. The smallest absolute Gasteiger partial charge is 0.281 e. The molecular weight excluding hydrogens is 424 g/mol. The standard InChI is InChI=1S/C23H26N6O4/c1-16(9-10-24-18(30)13-27-11-5-8-19(27)31)22(32)29-15-25-20-21(29)26-14-28(23(20)33)12-17-6-3-2-4-7-17/h2-4,6-7,14-16H,5,8-13H2,1H3,(H,24,30). The van der Waals surface area contributed by atoms with Crippen LogP contribution in [0.5, 0.6) is 0 Å². The van der Waals surface area contributed by atoms with Crippen molar-refractivity contribution in [2.75, 3.05) is 19.6 Å². The van der Waals surface area contributed by atoms with Crippen LogP contribution >= 0.6 is 0 Å². The predicted octanol–water partition coefficient (Wildman–Crippen LogP) is 1.05. The van der Waals surface area contributed by atoms with Crippen molar-refractivity contribution in [1.29, 1.82) is 0 Å². The average Bonchev–Trinajstić information content (AvgIpc) is 3.42. The maximum Gasteiger partial charge on any atom is 0.281 e. The first kappa shape index (κ1) is 22.4. The molecule has 1 N–H and O–H groups in total. The highest BCUT2D eigenvalue weighted by atomic mass is 16.2. The number of hydrogen-bond acceptors (Lipinski definition) is 6. The van der Waals surface area contributed by atoms with Gasteiger partial charge in [0.1, 0.15) is 12.7 Å². The summed E-state index contributed by atoms with van der Waals surface area (Å²) in [7, 11) is 0. The van der Waals surface area contributed by atoms with Crippen LogP contribution in [0.4, 0.5) is 0 Å². The number of aromatic nitrogens is 4. The number of imidazole rings is 1. The Kier molecular flexibility index (Phi) is 6.62. The van der Waals surface area contributed by atoms with E-state index in [2.05, 4.69) is 15.3 Å². The minimum atomic E-state index is -0.426. The molecule has 1 aliphatic heterocycles. The molecule has 0 spiro atoms. The quantitative estimate of drug-likeness (QED) is 0.548. The van der Waals surface area contributed by atoms with Crippen LogP contribution in [-0.2, 0) is 16.1 Å². The first-order valence-electron chi connectivity index (χ1n) is 11.0. The van der Waals surface area contributed by atoms with E-state index in [0.29, 0.717) is 32.5 Å². The molecule has 2 aromatic heterocycles. The lowest BCUT2D eigenvalue weighted by atomic mass is 10.1. The van der Waals surface area contributed by atoms with Crippen molar-refractivity contribution in [1.82, 2.24) is 29.3 Å². The van der Waals surface area contributed by atoms with Gasteiger partial charge in [0.25, 0.3) is 5.56 Å². The molecule has 3 aromatic rings. The number of benzene rings is 1. The van der Waals surface area contributed by atoms with Crippen LogP contribution in [0.15, 0.2) is 47.8 Å². The molecule has 1 unspecified atom stereocenters. The highest BCUT2D eigenvalue weighted by Crippen LogP contribution is 2.12. The van der Waals surface area contributed by atoms with Gasteiger partial charge >= 0.3 is 0 Å². The van der Waals surface area contributed by atoms with E-state index < -0.39 is 5.92 Å². The molecule has 3 heterocycles. The zero-order valence-corrected chi connectivity index (χ0v) is 18.4. The zero-order valence-electron chi connectivity index (χ0n) is 18.4. The summed E-state index contributed by atoms with van der Waals surface area (Å²) < 4.78 is 2.75. The summed E-state index contributed by atoms with van der Waals surface area (Å²) in [5.74, 6) is -0.923. The fourth-order valence-corrected chi connectivity index (χ4v) is 3.87. The summed E-state index contributed by atoms with van der Waals surface area (Å²) in [6.07, 6.45) is 4.42. The molecule has 1 aliphatic rings. The van der Waals surface area contributed by atoms with Crippen LogP contribution in [0.25, 0.3) is 11.2 Å². The number of fused-ring (bicyclic) bond motifs is 1. The van der Waals surface area contributed by atoms with Gasteiger partial charge in [0.15, 0.2) is 11.2 Å². The van der Waals surface area contributed by atoms with Crippen LogP contribution in [0.3, 0.4) is 0 Å². The molecule has 2 amide bonds. The molecule has 10 heteroatoms. The summed E-state index contributed by atoms with van der Waals surface area (Å²) in [6, 6.07) is 9.54. The van der Waals surface area contributed by atoms with E-state index >= 15 is 0 Å². The molecule has 0 aliphatic carbocycles. The van der Waals surface area contributed by atoms with Crippen molar-refractivity contribution in [3.8, 4) is 0 Å².